The zero-order chi connectivity index (χ0) is 15.0. The lowest BCUT2D eigenvalue weighted by molar-refractivity contribution is 0.189. The zero-order valence-corrected chi connectivity index (χ0v) is 13.2. The quantitative estimate of drug-likeness (QED) is 0.701. The Morgan fingerprint density at radius 1 is 1.25 bits per heavy atom. The number of hydrogen-bond acceptors (Lipinski definition) is 4. The molecule has 1 rings (SSSR count). The third kappa shape index (κ3) is 4.86. The van der Waals surface area contributed by atoms with Gasteiger partial charge in [-0.3, -0.25) is 0 Å². The van der Waals surface area contributed by atoms with Gasteiger partial charge in [0.05, 0.1) is 4.90 Å². The SMILES string of the molecule is CCNCc1ccc(S(=O)(=O)N(C)CCCOC)cc1. The maximum Gasteiger partial charge on any atom is 0.242 e. The first kappa shape index (κ1) is 17.1. The number of sulfonamides is 1. The molecule has 0 radical (unpaired) electrons. The van der Waals surface area contributed by atoms with Gasteiger partial charge in [0.25, 0.3) is 0 Å². The third-order valence-electron chi connectivity index (χ3n) is 3.03. The summed E-state index contributed by atoms with van der Waals surface area (Å²) in [5.74, 6) is 0. The second-order valence-corrected chi connectivity index (χ2v) is 6.64. The molecule has 1 N–H and O–H groups in total. The summed E-state index contributed by atoms with van der Waals surface area (Å²) in [5.41, 5.74) is 1.08. The molecule has 1 aromatic carbocycles. The number of rotatable bonds is 9. The van der Waals surface area contributed by atoms with Crippen LogP contribution < -0.4 is 5.32 Å². The van der Waals surface area contributed by atoms with E-state index in [9.17, 15) is 8.42 Å². The van der Waals surface area contributed by atoms with Gasteiger partial charge in [-0.1, -0.05) is 19.1 Å². The topological polar surface area (TPSA) is 58.6 Å². The van der Waals surface area contributed by atoms with E-state index in [1.165, 1.54) is 4.31 Å². The van der Waals surface area contributed by atoms with Gasteiger partial charge in [-0.25, -0.2) is 12.7 Å². The van der Waals surface area contributed by atoms with Crippen LogP contribution in [0.25, 0.3) is 0 Å². The maximum atomic E-state index is 12.3. The van der Waals surface area contributed by atoms with Crippen molar-refractivity contribution in [1.29, 1.82) is 0 Å². The summed E-state index contributed by atoms with van der Waals surface area (Å²) in [6.07, 6.45) is 0.685. The molecule has 114 valence electrons. The lowest BCUT2D eigenvalue weighted by Crippen LogP contribution is -2.28. The minimum atomic E-state index is -3.40. The highest BCUT2D eigenvalue weighted by Gasteiger charge is 2.19. The molecule has 5 nitrogen and oxygen atoms in total. The van der Waals surface area contributed by atoms with Crippen molar-refractivity contribution in [3.63, 3.8) is 0 Å². The van der Waals surface area contributed by atoms with Gasteiger partial charge in [0.2, 0.25) is 10.0 Å². The normalized spacial score (nSPS) is 12.0. The molecule has 0 saturated heterocycles. The lowest BCUT2D eigenvalue weighted by Gasteiger charge is -2.17. The van der Waals surface area contributed by atoms with E-state index >= 15 is 0 Å². The number of hydrogen-bond donors (Lipinski definition) is 1. The summed E-state index contributed by atoms with van der Waals surface area (Å²) in [5, 5.41) is 3.21. The van der Waals surface area contributed by atoms with Crippen LogP contribution in [0.3, 0.4) is 0 Å². The summed E-state index contributed by atoms with van der Waals surface area (Å²) >= 11 is 0. The smallest absolute Gasteiger partial charge is 0.242 e. The Labute approximate surface area is 122 Å². The van der Waals surface area contributed by atoms with Gasteiger partial charge in [0, 0.05) is 33.9 Å². The zero-order valence-electron chi connectivity index (χ0n) is 12.4. The van der Waals surface area contributed by atoms with Crippen LogP contribution >= 0.6 is 0 Å². The molecule has 0 unspecified atom stereocenters. The minimum Gasteiger partial charge on any atom is -0.385 e. The number of nitrogens with zero attached hydrogens (tertiary/aromatic N) is 1. The summed E-state index contributed by atoms with van der Waals surface area (Å²) in [7, 11) is -0.196. The van der Waals surface area contributed by atoms with Gasteiger partial charge < -0.3 is 10.1 Å². The van der Waals surface area contributed by atoms with Gasteiger partial charge in [-0.05, 0) is 30.7 Å². The van der Waals surface area contributed by atoms with Crippen LogP contribution in [0, 0.1) is 0 Å². The molecule has 1 aromatic rings. The molecule has 6 heteroatoms. The molecule has 0 aliphatic rings. The maximum absolute atomic E-state index is 12.3. The number of nitrogens with one attached hydrogen (secondary N) is 1. The van der Waals surface area contributed by atoms with Gasteiger partial charge in [0.15, 0.2) is 0 Å². The van der Waals surface area contributed by atoms with E-state index in [4.69, 9.17) is 4.74 Å². The number of ether oxygens (including phenoxy) is 1. The molecule has 0 atom stereocenters. The molecular weight excluding hydrogens is 276 g/mol. The molecular formula is C14H24N2O3S. The van der Waals surface area contributed by atoms with Crippen LogP contribution in [-0.2, 0) is 21.3 Å². The Morgan fingerprint density at radius 3 is 2.45 bits per heavy atom. The number of methoxy groups -OCH3 is 1. The summed E-state index contributed by atoms with van der Waals surface area (Å²) in [6, 6.07) is 7.01. The van der Waals surface area contributed by atoms with Crippen molar-refractivity contribution in [3.05, 3.63) is 29.8 Å². The van der Waals surface area contributed by atoms with Crippen molar-refractivity contribution in [1.82, 2.24) is 9.62 Å². The average molecular weight is 300 g/mol. The van der Waals surface area contributed by atoms with Crippen LogP contribution in [0.1, 0.15) is 18.9 Å². The van der Waals surface area contributed by atoms with E-state index in [-0.39, 0.29) is 0 Å². The molecule has 0 amide bonds. The van der Waals surface area contributed by atoms with E-state index in [0.717, 1.165) is 18.7 Å². The average Bonchev–Trinajstić information content (AvgIpc) is 2.45. The monoisotopic (exact) mass is 300 g/mol. The first-order valence-electron chi connectivity index (χ1n) is 6.77. The molecule has 0 aliphatic carbocycles. The van der Waals surface area contributed by atoms with Crippen molar-refractivity contribution in [2.24, 2.45) is 0 Å². The molecule has 0 heterocycles. The van der Waals surface area contributed by atoms with Crippen LogP contribution in [0.5, 0.6) is 0 Å². The Kier molecular flexibility index (Phi) is 7.15. The van der Waals surface area contributed by atoms with Gasteiger partial charge in [-0.2, -0.15) is 0 Å². The summed E-state index contributed by atoms with van der Waals surface area (Å²) < 4.78 is 30.9. The lowest BCUT2D eigenvalue weighted by atomic mass is 10.2. The molecule has 0 bridgehead atoms. The van der Waals surface area contributed by atoms with Gasteiger partial charge in [-0.15, -0.1) is 0 Å². The van der Waals surface area contributed by atoms with Crippen LogP contribution in [0.15, 0.2) is 29.2 Å². The van der Waals surface area contributed by atoms with E-state index in [1.807, 2.05) is 19.1 Å². The second kappa shape index (κ2) is 8.36. The van der Waals surface area contributed by atoms with Crippen molar-refractivity contribution in [3.8, 4) is 0 Å². The Hall–Kier alpha value is -0.950. The molecule has 0 aliphatic heterocycles. The van der Waals surface area contributed by atoms with E-state index in [2.05, 4.69) is 5.32 Å². The molecule has 0 fully saturated rings. The highest BCUT2D eigenvalue weighted by molar-refractivity contribution is 7.89. The summed E-state index contributed by atoms with van der Waals surface area (Å²) in [4.78, 5) is 0.331. The van der Waals surface area contributed by atoms with Crippen molar-refractivity contribution in [2.45, 2.75) is 24.8 Å². The van der Waals surface area contributed by atoms with E-state index in [0.29, 0.717) is 24.5 Å². The first-order valence-corrected chi connectivity index (χ1v) is 8.21. The fourth-order valence-electron chi connectivity index (χ4n) is 1.78. The van der Waals surface area contributed by atoms with Crippen LogP contribution in [-0.4, -0.2) is 46.6 Å². The molecule has 20 heavy (non-hydrogen) atoms. The van der Waals surface area contributed by atoms with Crippen molar-refractivity contribution >= 4 is 10.0 Å². The predicted octanol–water partition coefficient (Wildman–Crippen LogP) is 1.45. The largest absolute Gasteiger partial charge is 0.385 e. The molecule has 0 saturated carbocycles. The van der Waals surface area contributed by atoms with Crippen molar-refractivity contribution < 1.29 is 13.2 Å². The Morgan fingerprint density at radius 2 is 1.90 bits per heavy atom. The van der Waals surface area contributed by atoms with E-state index in [1.54, 1.807) is 26.3 Å². The van der Waals surface area contributed by atoms with Gasteiger partial charge in [0.1, 0.15) is 0 Å². The predicted molar refractivity (Wildman–Crippen MR) is 80.1 cm³/mol. The standard InChI is InChI=1S/C14H24N2O3S/c1-4-15-12-13-6-8-14(9-7-13)20(17,18)16(2)10-5-11-19-3/h6-9,15H,4-5,10-12H2,1-3H3. The fraction of sp³-hybridized carbons (Fsp3) is 0.571. The molecule has 0 aromatic heterocycles. The highest BCUT2D eigenvalue weighted by atomic mass is 32.2. The van der Waals surface area contributed by atoms with Crippen LogP contribution in [0.4, 0.5) is 0 Å². The van der Waals surface area contributed by atoms with Gasteiger partial charge >= 0.3 is 0 Å². The van der Waals surface area contributed by atoms with E-state index < -0.39 is 10.0 Å². The van der Waals surface area contributed by atoms with Crippen LogP contribution in [0.2, 0.25) is 0 Å². The minimum absolute atomic E-state index is 0.331. The number of benzene rings is 1. The second-order valence-electron chi connectivity index (χ2n) is 4.60. The Bertz CT molecular complexity index is 486. The first-order chi connectivity index (χ1) is 9.52. The fourth-order valence-corrected chi connectivity index (χ4v) is 2.99. The third-order valence-corrected chi connectivity index (χ3v) is 4.90. The van der Waals surface area contributed by atoms with Crippen molar-refractivity contribution in [2.75, 3.05) is 33.9 Å². The summed E-state index contributed by atoms with van der Waals surface area (Å²) in [6.45, 7) is 4.69. The highest BCUT2D eigenvalue weighted by Crippen LogP contribution is 2.15. The molecule has 0 spiro atoms. The Balaban J connectivity index is 2.71.